The largest absolute Gasteiger partial charge is 0.464 e. The quantitative estimate of drug-likeness (QED) is 0.750. The number of benzene rings is 1. The lowest BCUT2D eigenvalue weighted by atomic mass is 9.81. The molecule has 0 bridgehead atoms. The number of ether oxygens (including phenoxy) is 1. The number of halogens is 1. The van der Waals surface area contributed by atoms with E-state index < -0.39 is 5.54 Å². The Bertz CT molecular complexity index is 780. The molecule has 138 valence electrons. The maximum atomic E-state index is 12.7. The zero-order valence-electron chi connectivity index (χ0n) is 14.7. The van der Waals surface area contributed by atoms with Crippen LogP contribution in [-0.4, -0.2) is 33.8 Å². The van der Waals surface area contributed by atoms with E-state index in [1.807, 2.05) is 24.3 Å². The molecule has 1 aromatic heterocycles. The third-order valence-electron chi connectivity index (χ3n) is 4.66. The summed E-state index contributed by atoms with van der Waals surface area (Å²) in [5, 5.41) is 7.19. The van der Waals surface area contributed by atoms with Crippen LogP contribution in [0.25, 0.3) is 5.69 Å². The molecule has 0 saturated heterocycles. The summed E-state index contributed by atoms with van der Waals surface area (Å²) in [6.45, 7) is 2.08. The Hall–Kier alpha value is -2.15. The van der Waals surface area contributed by atoms with Crippen LogP contribution in [0.3, 0.4) is 0 Å². The van der Waals surface area contributed by atoms with E-state index in [-0.39, 0.29) is 11.9 Å². The topological polar surface area (TPSA) is 73.2 Å². The Kier molecular flexibility index (Phi) is 5.76. The summed E-state index contributed by atoms with van der Waals surface area (Å²) in [6, 6.07) is 7.63. The first-order chi connectivity index (χ1) is 12.5. The van der Waals surface area contributed by atoms with E-state index in [1.54, 1.807) is 17.8 Å². The average molecular weight is 420 g/mol. The summed E-state index contributed by atoms with van der Waals surface area (Å²) < 4.78 is 7.84. The zero-order chi connectivity index (χ0) is 18.6. The van der Waals surface area contributed by atoms with Gasteiger partial charge in [-0.1, -0.05) is 35.2 Å². The maximum Gasteiger partial charge on any atom is 0.331 e. The van der Waals surface area contributed by atoms with Gasteiger partial charge in [0.15, 0.2) is 0 Å². The van der Waals surface area contributed by atoms with Crippen molar-refractivity contribution in [2.24, 2.45) is 0 Å². The Labute approximate surface area is 161 Å². The van der Waals surface area contributed by atoms with E-state index in [9.17, 15) is 9.59 Å². The highest BCUT2D eigenvalue weighted by Gasteiger charge is 2.42. The smallest absolute Gasteiger partial charge is 0.331 e. The van der Waals surface area contributed by atoms with Gasteiger partial charge in [0.05, 0.1) is 24.1 Å². The van der Waals surface area contributed by atoms with Gasteiger partial charge in [0.1, 0.15) is 5.54 Å². The Morgan fingerprint density at radius 1 is 1.23 bits per heavy atom. The predicted octanol–water partition coefficient (Wildman–Crippen LogP) is 3.63. The van der Waals surface area contributed by atoms with Crippen LogP contribution >= 0.6 is 15.9 Å². The van der Waals surface area contributed by atoms with Gasteiger partial charge in [-0.05, 0) is 44.0 Å². The van der Waals surface area contributed by atoms with Gasteiger partial charge in [-0.3, -0.25) is 4.79 Å². The molecule has 1 amide bonds. The van der Waals surface area contributed by atoms with Crippen LogP contribution < -0.4 is 5.32 Å². The molecule has 1 aliphatic rings. The van der Waals surface area contributed by atoms with Crippen LogP contribution in [0.15, 0.2) is 41.1 Å². The minimum absolute atomic E-state index is 0.302. The fraction of sp³-hybridized carbons (Fsp3) is 0.421. The molecular formula is C19H22BrN3O3. The first-order valence-electron chi connectivity index (χ1n) is 8.84. The van der Waals surface area contributed by atoms with E-state index in [2.05, 4.69) is 26.3 Å². The molecule has 0 aliphatic heterocycles. The van der Waals surface area contributed by atoms with Crippen molar-refractivity contribution in [3.05, 3.63) is 46.7 Å². The van der Waals surface area contributed by atoms with Gasteiger partial charge in [-0.25, -0.2) is 9.48 Å². The fourth-order valence-electron chi connectivity index (χ4n) is 3.27. The van der Waals surface area contributed by atoms with Crippen LogP contribution in [0, 0.1) is 0 Å². The molecule has 1 fully saturated rings. The molecule has 1 N–H and O–H groups in total. The number of aromatic nitrogens is 2. The normalized spacial score (nSPS) is 16.1. The van der Waals surface area contributed by atoms with E-state index >= 15 is 0 Å². The molecule has 3 rings (SSSR count). The second kappa shape index (κ2) is 8.03. The van der Waals surface area contributed by atoms with Crippen molar-refractivity contribution in [3.63, 3.8) is 0 Å². The summed E-state index contributed by atoms with van der Waals surface area (Å²) in [5.74, 6) is -0.642. The Morgan fingerprint density at radius 3 is 2.58 bits per heavy atom. The molecule has 0 radical (unpaired) electrons. The van der Waals surface area contributed by atoms with Gasteiger partial charge in [0.2, 0.25) is 0 Å². The highest BCUT2D eigenvalue weighted by molar-refractivity contribution is 9.10. The summed E-state index contributed by atoms with van der Waals surface area (Å²) in [7, 11) is 0. The van der Waals surface area contributed by atoms with Crippen molar-refractivity contribution >= 4 is 27.8 Å². The van der Waals surface area contributed by atoms with Gasteiger partial charge < -0.3 is 10.1 Å². The van der Waals surface area contributed by atoms with Gasteiger partial charge in [-0.15, -0.1) is 0 Å². The van der Waals surface area contributed by atoms with Crippen molar-refractivity contribution in [1.82, 2.24) is 15.1 Å². The van der Waals surface area contributed by atoms with Gasteiger partial charge in [-0.2, -0.15) is 5.10 Å². The molecule has 1 saturated carbocycles. The lowest BCUT2D eigenvalue weighted by molar-refractivity contribution is -0.152. The van der Waals surface area contributed by atoms with Crippen LogP contribution in [0.2, 0.25) is 0 Å². The third kappa shape index (κ3) is 3.98. The van der Waals surface area contributed by atoms with Crippen LogP contribution in [0.1, 0.15) is 49.4 Å². The summed E-state index contributed by atoms with van der Waals surface area (Å²) in [4.78, 5) is 25.2. The number of carbonyl (C=O) groups is 2. The number of esters is 1. The molecular weight excluding hydrogens is 398 g/mol. The highest BCUT2D eigenvalue weighted by atomic mass is 79.9. The van der Waals surface area contributed by atoms with E-state index in [1.165, 1.54) is 6.20 Å². The number of hydrogen-bond acceptors (Lipinski definition) is 4. The summed E-state index contributed by atoms with van der Waals surface area (Å²) >= 11 is 3.40. The minimum atomic E-state index is -0.926. The highest BCUT2D eigenvalue weighted by Crippen LogP contribution is 2.30. The number of nitrogens with zero attached hydrogens (tertiary/aromatic N) is 2. The van der Waals surface area contributed by atoms with E-state index in [0.717, 1.165) is 29.4 Å². The SMILES string of the molecule is CCOC(=O)C1(NC(=O)c2cnn(-c3ccc(Br)cc3)c2)CCCCC1. The van der Waals surface area contributed by atoms with Crippen molar-refractivity contribution in [3.8, 4) is 5.69 Å². The van der Waals surface area contributed by atoms with Crippen LogP contribution in [-0.2, 0) is 9.53 Å². The Morgan fingerprint density at radius 2 is 1.92 bits per heavy atom. The second-order valence-electron chi connectivity index (χ2n) is 6.47. The molecule has 0 atom stereocenters. The third-order valence-corrected chi connectivity index (χ3v) is 5.19. The number of hydrogen-bond donors (Lipinski definition) is 1. The first-order valence-corrected chi connectivity index (χ1v) is 9.64. The maximum absolute atomic E-state index is 12.7. The van der Waals surface area contributed by atoms with Crippen molar-refractivity contribution in [1.29, 1.82) is 0 Å². The summed E-state index contributed by atoms with van der Waals surface area (Å²) in [6.07, 6.45) is 7.27. The van der Waals surface area contributed by atoms with Gasteiger partial charge >= 0.3 is 5.97 Å². The molecule has 1 heterocycles. The first kappa shape index (κ1) is 18.6. The van der Waals surface area contributed by atoms with Gasteiger partial charge in [0.25, 0.3) is 5.91 Å². The molecule has 1 aromatic carbocycles. The monoisotopic (exact) mass is 419 g/mol. The van der Waals surface area contributed by atoms with Crippen molar-refractivity contribution < 1.29 is 14.3 Å². The zero-order valence-corrected chi connectivity index (χ0v) is 16.3. The van der Waals surface area contributed by atoms with Crippen LogP contribution in [0.4, 0.5) is 0 Å². The number of amides is 1. The minimum Gasteiger partial charge on any atom is -0.464 e. The average Bonchev–Trinajstić information content (AvgIpc) is 3.13. The Balaban J connectivity index is 1.78. The standard InChI is InChI=1S/C19H22BrN3O3/c1-2-26-18(25)19(10-4-3-5-11-19)22-17(24)14-12-21-23(13-14)16-8-6-15(20)7-9-16/h6-9,12-13H,2-5,10-11H2,1H3,(H,22,24). The predicted molar refractivity (Wildman–Crippen MR) is 101 cm³/mol. The number of nitrogens with one attached hydrogen (secondary N) is 1. The second-order valence-corrected chi connectivity index (χ2v) is 7.38. The van der Waals surface area contributed by atoms with E-state index in [4.69, 9.17) is 4.74 Å². The number of carbonyl (C=O) groups excluding carboxylic acids is 2. The van der Waals surface area contributed by atoms with E-state index in [0.29, 0.717) is 25.0 Å². The molecule has 26 heavy (non-hydrogen) atoms. The fourth-order valence-corrected chi connectivity index (χ4v) is 3.53. The van der Waals surface area contributed by atoms with Crippen LogP contribution in [0.5, 0.6) is 0 Å². The lowest BCUT2D eigenvalue weighted by Crippen LogP contribution is -2.56. The number of rotatable bonds is 5. The molecule has 6 nitrogen and oxygen atoms in total. The molecule has 1 aliphatic carbocycles. The summed E-state index contributed by atoms with van der Waals surface area (Å²) in [5.41, 5.74) is 0.345. The molecule has 0 spiro atoms. The molecule has 7 heteroatoms. The lowest BCUT2D eigenvalue weighted by Gasteiger charge is -2.35. The van der Waals surface area contributed by atoms with Gasteiger partial charge in [0, 0.05) is 10.7 Å². The molecule has 2 aromatic rings. The van der Waals surface area contributed by atoms with Crippen molar-refractivity contribution in [2.75, 3.05) is 6.61 Å². The molecule has 0 unspecified atom stereocenters. The van der Waals surface area contributed by atoms with Crippen molar-refractivity contribution in [2.45, 2.75) is 44.6 Å².